The molecular weight excluding hydrogens is 244 g/mol. The number of hydrogen-bond acceptors (Lipinski definition) is 1. The van der Waals surface area contributed by atoms with Gasteiger partial charge in [0.25, 0.3) is 0 Å². The lowest BCUT2D eigenvalue weighted by atomic mass is 9.96. The highest BCUT2D eigenvalue weighted by molar-refractivity contribution is 5.32. The number of aryl methyl sites for hydroxylation is 2. The Bertz CT molecular complexity index is 553. The Hall–Kier alpha value is -1.74. The lowest BCUT2D eigenvalue weighted by Crippen LogP contribution is -2.15. The minimum Gasteiger partial charge on any atom is -0.324 e. The minimum atomic E-state index is -0.542. The van der Waals surface area contributed by atoms with Crippen LogP contribution in [0.25, 0.3) is 0 Å². The van der Waals surface area contributed by atoms with Crippen LogP contribution in [-0.2, 0) is 6.42 Å². The Labute approximate surface area is 112 Å². The summed E-state index contributed by atoms with van der Waals surface area (Å²) in [6.45, 7) is 3.96. The zero-order valence-electron chi connectivity index (χ0n) is 11.1. The molecule has 2 rings (SSSR count). The van der Waals surface area contributed by atoms with E-state index in [1.54, 1.807) is 0 Å². The van der Waals surface area contributed by atoms with E-state index < -0.39 is 17.7 Å². The van der Waals surface area contributed by atoms with Gasteiger partial charge in [-0.05, 0) is 38.0 Å². The van der Waals surface area contributed by atoms with Crippen molar-refractivity contribution in [1.82, 2.24) is 0 Å². The Morgan fingerprint density at radius 3 is 2.05 bits per heavy atom. The third kappa shape index (κ3) is 3.18. The SMILES string of the molecule is Cc1cc(C)cc(C(N)Cc2c(F)cccc2F)c1. The molecule has 2 aromatic rings. The van der Waals surface area contributed by atoms with Crippen molar-refractivity contribution in [2.45, 2.75) is 26.3 Å². The summed E-state index contributed by atoms with van der Waals surface area (Å²) in [6.07, 6.45) is 0.154. The quantitative estimate of drug-likeness (QED) is 0.893. The Kier molecular flexibility index (Phi) is 3.96. The van der Waals surface area contributed by atoms with Gasteiger partial charge in [0.05, 0.1) is 0 Å². The van der Waals surface area contributed by atoms with Crippen LogP contribution in [0.4, 0.5) is 8.78 Å². The third-order valence-electron chi connectivity index (χ3n) is 3.16. The largest absolute Gasteiger partial charge is 0.324 e. The van der Waals surface area contributed by atoms with E-state index in [2.05, 4.69) is 0 Å². The van der Waals surface area contributed by atoms with Crippen molar-refractivity contribution in [3.63, 3.8) is 0 Å². The van der Waals surface area contributed by atoms with Gasteiger partial charge >= 0.3 is 0 Å². The van der Waals surface area contributed by atoms with Crippen molar-refractivity contribution in [2.75, 3.05) is 0 Å². The summed E-state index contributed by atoms with van der Waals surface area (Å²) in [4.78, 5) is 0. The Morgan fingerprint density at radius 1 is 1.00 bits per heavy atom. The number of rotatable bonds is 3. The zero-order valence-corrected chi connectivity index (χ0v) is 11.1. The van der Waals surface area contributed by atoms with E-state index in [1.807, 2.05) is 32.0 Å². The van der Waals surface area contributed by atoms with Gasteiger partial charge in [0.15, 0.2) is 0 Å². The number of nitrogens with two attached hydrogens (primary N) is 1. The van der Waals surface area contributed by atoms with E-state index in [1.165, 1.54) is 18.2 Å². The number of halogens is 2. The van der Waals surface area contributed by atoms with Crippen molar-refractivity contribution in [3.05, 3.63) is 70.3 Å². The molecule has 0 aliphatic heterocycles. The van der Waals surface area contributed by atoms with Crippen LogP contribution in [-0.4, -0.2) is 0 Å². The fraction of sp³-hybridized carbons (Fsp3) is 0.250. The molecule has 0 aliphatic rings. The second kappa shape index (κ2) is 5.49. The van der Waals surface area contributed by atoms with Gasteiger partial charge < -0.3 is 5.73 Å². The van der Waals surface area contributed by atoms with Crippen LogP contribution in [0.5, 0.6) is 0 Å². The standard InChI is InChI=1S/C16H17F2N/c1-10-6-11(2)8-12(7-10)16(19)9-13-14(17)4-3-5-15(13)18/h3-8,16H,9,19H2,1-2H3. The summed E-state index contributed by atoms with van der Waals surface area (Å²) < 4.78 is 27.2. The monoisotopic (exact) mass is 261 g/mol. The molecule has 1 nitrogen and oxygen atoms in total. The maximum absolute atomic E-state index is 13.6. The molecule has 2 aromatic carbocycles. The molecule has 0 fully saturated rings. The van der Waals surface area contributed by atoms with Crippen LogP contribution >= 0.6 is 0 Å². The van der Waals surface area contributed by atoms with Gasteiger partial charge in [-0.2, -0.15) is 0 Å². The maximum atomic E-state index is 13.6. The van der Waals surface area contributed by atoms with Crippen molar-refractivity contribution in [3.8, 4) is 0 Å². The van der Waals surface area contributed by atoms with E-state index in [0.29, 0.717) is 0 Å². The molecule has 0 radical (unpaired) electrons. The minimum absolute atomic E-state index is 0.0501. The smallest absolute Gasteiger partial charge is 0.129 e. The van der Waals surface area contributed by atoms with E-state index >= 15 is 0 Å². The van der Waals surface area contributed by atoms with Gasteiger partial charge in [0.2, 0.25) is 0 Å². The van der Waals surface area contributed by atoms with Crippen molar-refractivity contribution < 1.29 is 8.78 Å². The Balaban J connectivity index is 2.28. The van der Waals surface area contributed by atoms with Gasteiger partial charge in [0.1, 0.15) is 11.6 Å². The molecule has 0 bridgehead atoms. The Morgan fingerprint density at radius 2 is 1.53 bits per heavy atom. The van der Waals surface area contributed by atoms with Crippen LogP contribution in [0.1, 0.15) is 28.3 Å². The topological polar surface area (TPSA) is 26.0 Å². The van der Waals surface area contributed by atoms with Gasteiger partial charge in [-0.15, -0.1) is 0 Å². The molecule has 1 atom stereocenters. The van der Waals surface area contributed by atoms with Crippen molar-refractivity contribution >= 4 is 0 Å². The van der Waals surface area contributed by atoms with Gasteiger partial charge in [-0.25, -0.2) is 8.78 Å². The first kappa shape index (κ1) is 13.7. The lowest BCUT2D eigenvalue weighted by molar-refractivity contribution is 0.540. The van der Waals surface area contributed by atoms with Crippen LogP contribution in [0.2, 0.25) is 0 Å². The van der Waals surface area contributed by atoms with Gasteiger partial charge in [0, 0.05) is 11.6 Å². The average Bonchev–Trinajstić information content (AvgIpc) is 2.32. The highest BCUT2D eigenvalue weighted by Crippen LogP contribution is 2.22. The predicted molar refractivity (Wildman–Crippen MR) is 72.9 cm³/mol. The van der Waals surface area contributed by atoms with Crippen molar-refractivity contribution in [2.24, 2.45) is 5.73 Å². The normalized spacial score (nSPS) is 12.5. The summed E-state index contributed by atoms with van der Waals surface area (Å²) in [7, 11) is 0. The first-order chi connectivity index (χ1) is 8.97. The average molecular weight is 261 g/mol. The van der Waals surface area contributed by atoms with E-state index in [4.69, 9.17) is 5.73 Å². The highest BCUT2D eigenvalue weighted by atomic mass is 19.1. The molecular formula is C16H17F2N. The molecule has 0 aromatic heterocycles. The summed E-state index contributed by atoms with van der Waals surface area (Å²) in [5.41, 5.74) is 9.22. The summed E-state index contributed by atoms with van der Waals surface area (Å²) >= 11 is 0. The molecule has 1 unspecified atom stereocenters. The molecule has 19 heavy (non-hydrogen) atoms. The third-order valence-corrected chi connectivity index (χ3v) is 3.16. The zero-order chi connectivity index (χ0) is 14.0. The summed E-state index contributed by atoms with van der Waals surface area (Å²) in [5, 5.41) is 0. The first-order valence-electron chi connectivity index (χ1n) is 6.24. The molecule has 0 heterocycles. The summed E-state index contributed by atoms with van der Waals surface area (Å²) in [6, 6.07) is 9.41. The van der Waals surface area contributed by atoms with Gasteiger partial charge in [-0.3, -0.25) is 0 Å². The fourth-order valence-corrected chi connectivity index (χ4v) is 2.29. The molecule has 100 valence electrons. The predicted octanol–water partition coefficient (Wildman–Crippen LogP) is 3.82. The van der Waals surface area contributed by atoms with Crippen molar-refractivity contribution in [1.29, 1.82) is 0 Å². The molecule has 0 saturated heterocycles. The summed E-state index contributed by atoms with van der Waals surface area (Å²) in [5.74, 6) is -1.08. The van der Waals surface area contributed by atoms with Crippen LogP contribution in [0.15, 0.2) is 36.4 Å². The molecule has 0 spiro atoms. The van der Waals surface area contributed by atoms with E-state index in [0.717, 1.165) is 16.7 Å². The first-order valence-corrected chi connectivity index (χ1v) is 6.24. The van der Waals surface area contributed by atoms with Crippen LogP contribution < -0.4 is 5.73 Å². The second-order valence-electron chi connectivity index (χ2n) is 4.93. The van der Waals surface area contributed by atoms with Crippen LogP contribution in [0.3, 0.4) is 0 Å². The molecule has 0 saturated carbocycles. The second-order valence-corrected chi connectivity index (χ2v) is 4.93. The highest BCUT2D eigenvalue weighted by Gasteiger charge is 2.14. The fourth-order valence-electron chi connectivity index (χ4n) is 2.29. The maximum Gasteiger partial charge on any atom is 0.129 e. The van der Waals surface area contributed by atoms with Crippen LogP contribution in [0, 0.1) is 25.5 Å². The van der Waals surface area contributed by atoms with E-state index in [-0.39, 0.29) is 12.0 Å². The molecule has 0 amide bonds. The molecule has 2 N–H and O–H groups in total. The van der Waals surface area contributed by atoms with E-state index in [9.17, 15) is 8.78 Å². The number of hydrogen-bond donors (Lipinski definition) is 1. The molecule has 3 heteroatoms. The molecule has 0 aliphatic carbocycles. The number of benzene rings is 2. The lowest BCUT2D eigenvalue weighted by Gasteiger charge is -2.15. The van der Waals surface area contributed by atoms with Gasteiger partial charge in [-0.1, -0.05) is 35.4 Å².